The lowest BCUT2D eigenvalue weighted by atomic mass is 10.2. The summed E-state index contributed by atoms with van der Waals surface area (Å²) in [6, 6.07) is 7.25. The maximum Gasteiger partial charge on any atom is 0.229 e. The quantitative estimate of drug-likeness (QED) is 0.819. The second kappa shape index (κ2) is 4.45. The number of benzene rings is 1. The van der Waals surface area contributed by atoms with Gasteiger partial charge in [-0.3, -0.25) is 0 Å². The van der Waals surface area contributed by atoms with Gasteiger partial charge in [0.15, 0.2) is 0 Å². The molecule has 0 saturated carbocycles. The van der Waals surface area contributed by atoms with Crippen LogP contribution in [0.25, 0.3) is 0 Å². The van der Waals surface area contributed by atoms with Gasteiger partial charge in [0.05, 0.1) is 11.3 Å². The molecule has 84 valence electrons. The Hall–Kier alpha value is -2.68. The van der Waals surface area contributed by atoms with Gasteiger partial charge in [0.1, 0.15) is 17.7 Å². The lowest BCUT2D eigenvalue weighted by molar-refractivity contribution is 0.627. The Morgan fingerprint density at radius 3 is 2.88 bits per heavy atom. The van der Waals surface area contributed by atoms with Gasteiger partial charge >= 0.3 is 0 Å². The molecule has 0 spiro atoms. The van der Waals surface area contributed by atoms with Crippen LogP contribution in [-0.2, 0) is 0 Å². The van der Waals surface area contributed by atoms with Crippen LogP contribution in [0.15, 0.2) is 30.5 Å². The van der Waals surface area contributed by atoms with E-state index >= 15 is 0 Å². The summed E-state index contributed by atoms with van der Waals surface area (Å²) in [5.74, 6) is 0.0943. The minimum atomic E-state index is -0.472. The first-order chi connectivity index (χ1) is 8.19. The third-order valence-corrected chi connectivity index (χ3v) is 2.03. The Balaban J connectivity index is 2.34. The molecule has 3 N–H and O–H groups in total. The molecule has 0 saturated heterocycles. The van der Waals surface area contributed by atoms with E-state index < -0.39 is 5.82 Å². The van der Waals surface area contributed by atoms with Crippen LogP contribution in [0.3, 0.4) is 0 Å². The van der Waals surface area contributed by atoms with E-state index in [2.05, 4.69) is 15.3 Å². The molecule has 6 heteroatoms. The van der Waals surface area contributed by atoms with E-state index in [1.807, 2.05) is 6.07 Å². The first kappa shape index (κ1) is 10.8. The second-order valence-electron chi connectivity index (χ2n) is 3.23. The van der Waals surface area contributed by atoms with Crippen LogP contribution in [0.1, 0.15) is 5.56 Å². The van der Waals surface area contributed by atoms with Crippen molar-refractivity contribution in [3.63, 3.8) is 0 Å². The van der Waals surface area contributed by atoms with Gasteiger partial charge in [-0.05, 0) is 24.3 Å². The fourth-order valence-electron chi connectivity index (χ4n) is 1.27. The number of halogens is 1. The molecule has 0 bridgehead atoms. The molecule has 0 aliphatic carbocycles. The molecule has 2 aromatic rings. The van der Waals surface area contributed by atoms with Gasteiger partial charge in [-0.25, -0.2) is 9.37 Å². The summed E-state index contributed by atoms with van der Waals surface area (Å²) < 4.78 is 12.9. The molecular weight excluding hydrogens is 221 g/mol. The van der Waals surface area contributed by atoms with Crippen molar-refractivity contribution in [2.75, 3.05) is 11.1 Å². The smallest absolute Gasteiger partial charge is 0.229 e. The number of nitriles is 1. The molecule has 0 amide bonds. The first-order valence-electron chi connectivity index (χ1n) is 4.74. The van der Waals surface area contributed by atoms with Crippen molar-refractivity contribution in [1.29, 1.82) is 5.26 Å². The number of rotatable bonds is 2. The van der Waals surface area contributed by atoms with Gasteiger partial charge < -0.3 is 11.1 Å². The zero-order valence-corrected chi connectivity index (χ0v) is 8.68. The van der Waals surface area contributed by atoms with Crippen LogP contribution in [0.4, 0.5) is 21.8 Å². The number of nitrogens with zero attached hydrogens (tertiary/aromatic N) is 3. The topological polar surface area (TPSA) is 87.6 Å². The average Bonchev–Trinajstić information content (AvgIpc) is 2.31. The summed E-state index contributed by atoms with van der Waals surface area (Å²) in [4.78, 5) is 7.85. The number of anilines is 3. The molecule has 2 rings (SSSR count). The Morgan fingerprint density at radius 2 is 2.18 bits per heavy atom. The van der Waals surface area contributed by atoms with Gasteiger partial charge in [0.2, 0.25) is 5.95 Å². The molecule has 0 radical (unpaired) electrons. The summed E-state index contributed by atoms with van der Waals surface area (Å²) >= 11 is 0. The zero-order chi connectivity index (χ0) is 12.3. The predicted octanol–water partition coefficient (Wildman–Crippen LogP) is 1.81. The molecule has 1 heterocycles. The Morgan fingerprint density at radius 1 is 1.35 bits per heavy atom. The molecular formula is C11H8FN5. The molecule has 0 aliphatic heterocycles. The predicted molar refractivity (Wildman–Crippen MR) is 60.8 cm³/mol. The fourth-order valence-corrected chi connectivity index (χ4v) is 1.27. The van der Waals surface area contributed by atoms with Crippen LogP contribution < -0.4 is 11.1 Å². The highest BCUT2D eigenvalue weighted by atomic mass is 19.1. The highest BCUT2D eigenvalue weighted by Crippen LogP contribution is 2.19. The van der Waals surface area contributed by atoms with E-state index in [0.717, 1.165) is 6.07 Å². The normalized spacial score (nSPS) is 9.65. The summed E-state index contributed by atoms with van der Waals surface area (Å²) in [5.41, 5.74) is 6.10. The van der Waals surface area contributed by atoms with Gasteiger partial charge in [0.25, 0.3) is 0 Å². The number of nitrogens with one attached hydrogen (secondary N) is 1. The maximum absolute atomic E-state index is 12.9. The van der Waals surface area contributed by atoms with E-state index in [0.29, 0.717) is 11.5 Å². The molecule has 5 nitrogen and oxygen atoms in total. The molecule has 0 aliphatic rings. The zero-order valence-electron chi connectivity index (χ0n) is 8.68. The van der Waals surface area contributed by atoms with Crippen molar-refractivity contribution in [3.8, 4) is 6.07 Å². The van der Waals surface area contributed by atoms with Crippen molar-refractivity contribution in [2.45, 2.75) is 0 Å². The lowest BCUT2D eigenvalue weighted by Gasteiger charge is -2.06. The highest BCUT2D eigenvalue weighted by Gasteiger charge is 2.05. The van der Waals surface area contributed by atoms with Crippen LogP contribution in [0.2, 0.25) is 0 Å². The lowest BCUT2D eigenvalue weighted by Crippen LogP contribution is -2.01. The largest absolute Gasteiger partial charge is 0.384 e. The monoisotopic (exact) mass is 229 g/mol. The van der Waals surface area contributed by atoms with Gasteiger partial charge in [0, 0.05) is 6.20 Å². The van der Waals surface area contributed by atoms with E-state index in [1.54, 1.807) is 6.07 Å². The Kier molecular flexibility index (Phi) is 2.83. The number of hydrogen-bond donors (Lipinski definition) is 2. The minimum absolute atomic E-state index is 0.177. The molecule has 0 unspecified atom stereocenters. The minimum Gasteiger partial charge on any atom is -0.384 e. The standard InChI is InChI=1S/C11H8FN5/c12-8-1-2-9(7(5-8)6-13)16-11-15-4-3-10(14)17-11/h1-5H,(H3,14,15,16,17). The second-order valence-corrected chi connectivity index (χ2v) is 3.23. The number of aromatic nitrogens is 2. The third-order valence-electron chi connectivity index (χ3n) is 2.03. The first-order valence-corrected chi connectivity index (χ1v) is 4.74. The summed E-state index contributed by atoms with van der Waals surface area (Å²) in [5, 5.41) is 11.7. The number of nitrogens with two attached hydrogens (primary N) is 1. The van der Waals surface area contributed by atoms with Crippen molar-refractivity contribution in [2.24, 2.45) is 0 Å². The highest BCUT2D eigenvalue weighted by molar-refractivity contribution is 5.63. The van der Waals surface area contributed by atoms with Crippen LogP contribution in [-0.4, -0.2) is 9.97 Å². The number of hydrogen-bond acceptors (Lipinski definition) is 5. The molecule has 0 fully saturated rings. The Bertz CT molecular complexity index is 591. The van der Waals surface area contributed by atoms with Crippen molar-refractivity contribution >= 4 is 17.5 Å². The summed E-state index contributed by atoms with van der Waals surface area (Å²) in [7, 11) is 0. The molecule has 17 heavy (non-hydrogen) atoms. The van der Waals surface area contributed by atoms with Crippen LogP contribution in [0, 0.1) is 17.1 Å². The SMILES string of the molecule is N#Cc1cc(F)ccc1Nc1nccc(N)n1. The van der Waals surface area contributed by atoms with Crippen molar-refractivity contribution < 1.29 is 4.39 Å². The maximum atomic E-state index is 12.9. The third kappa shape index (κ3) is 2.46. The average molecular weight is 229 g/mol. The van der Waals surface area contributed by atoms with Crippen LogP contribution in [0.5, 0.6) is 0 Å². The van der Waals surface area contributed by atoms with Gasteiger partial charge in [-0.2, -0.15) is 10.2 Å². The van der Waals surface area contributed by atoms with Crippen LogP contribution >= 0.6 is 0 Å². The van der Waals surface area contributed by atoms with E-state index in [9.17, 15) is 4.39 Å². The fraction of sp³-hybridized carbons (Fsp3) is 0. The van der Waals surface area contributed by atoms with Crippen molar-refractivity contribution in [3.05, 3.63) is 41.8 Å². The van der Waals surface area contributed by atoms with Gasteiger partial charge in [-0.15, -0.1) is 0 Å². The van der Waals surface area contributed by atoms with Crippen molar-refractivity contribution in [1.82, 2.24) is 9.97 Å². The summed E-state index contributed by atoms with van der Waals surface area (Å²) in [6.07, 6.45) is 1.49. The Labute approximate surface area is 96.7 Å². The van der Waals surface area contributed by atoms with E-state index in [-0.39, 0.29) is 11.5 Å². The van der Waals surface area contributed by atoms with Gasteiger partial charge in [-0.1, -0.05) is 0 Å². The molecule has 1 aromatic carbocycles. The number of nitrogen functional groups attached to an aromatic ring is 1. The van der Waals surface area contributed by atoms with E-state index in [1.165, 1.54) is 18.3 Å². The molecule has 0 atom stereocenters. The molecule has 1 aromatic heterocycles. The summed E-state index contributed by atoms with van der Waals surface area (Å²) in [6.45, 7) is 0. The van der Waals surface area contributed by atoms with E-state index in [4.69, 9.17) is 11.0 Å².